The van der Waals surface area contributed by atoms with E-state index in [1.165, 1.54) is 25.8 Å². The van der Waals surface area contributed by atoms with E-state index in [9.17, 15) is 0 Å². The van der Waals surface area contributed by atoms with Crippen LogP contribution in [-0.2, 0) is 0 Å². The number of hydrogen-bond donors (Lipinski definition) is 1. The second-order valence-corrected chi connectivity index (χ2v) is 2.93. The third-order valence-electron chi connectivity index (χ3n) is 2.31. The van der Waals surface area contributed by atoms with E-state index < -0.39 is 0 Å². The van der Waals surface area contributed by atoms with Gasteiger partial charge in [0.1, 0.15) is 0 Å². The molecule has 3 rings (SSSR count). The van der Waals surface area contributed by atoms with Crippen LogP contribution in [-0.4, -0.2) is 12.6 Å². The predicted molar refractivity (Wildman–Crippen MR) is 33.4 cm³/mol. The molecule has 3 fully saturated rings. The zero-order chi connectivity index (χ0) is 5.40. The van der Waals surface area contributed by atoms with Gasteiger partial charge >= 0.3 is 0 Å². The topological polar surface area (TPSA) is 12.0 Å². The minimum atomic E-state index is 0.778. The Labute approximate surface area is 50.5 Å². The summed E-state index contributed by atoms with van der Waals surface area (Å²) in [6, 6.07) is 0.778. The second kappa shape index (κ2) is 1.73. The van der Waals surface area contributed by atoms with E-state index in [2.05, 4.69) is 11.7 Å². The molecule has 3 aliphatic rings. The van der Waals surface area contributed by atoms with Crippen LogP contribution >= 0.6 is 0 Å². The van der Waals surface area contributed by atoms with Crippen LogP contribution in [0, 0.1) is 12.3 Å². The van der Waals surface area contributed by atoms with E-state index in [1.807, 2.05) is 0 Å². The highest BCUT2D eigenvalue weighted by molar-refractivity contribution is 4.96. The maximum Gasteiger partial charge on any atom is 0.00988 e. The van der Waals surface area contributed by atoms with Gasteiger partial charge in [0.15, 0.2) is 0 Å². The summed E-state index contributed by atoms with van der Waals surface area (Å²) in [5, 5.41) is 3.46. The molecule has 1 N–H and O–H groups in total. The SMILES string of the molecule is [CH]1CC2CCC1NC2. The summed E-state index contributed by atoms with van der Waals surface area (Å²) in [7, 11) is 0. The molecule has 0 aromatic rings. The van der Waals surface area contributed by atoms with Gasteiger partial charge in [0, 0.05) is 6.04 Å². The summed E-state index contributed by atoms with van der Waals surface area (Å²) in [6.07, 6.45) is 6.66. The summed E-state index contributed by atoms with van der Waals surface area (Å²) in [4.78, 5) is 0. The van der Waals surface area contributed by atoms with Crippen molar-refractivity contribution in [1.82, 2.24) is 5.32 Å². The highest BCUT2D eigenvalue weighted by Gasteiger charge is 2.26. The van der Waals surface area contributed by atoms with Gasteiger partial charge in [-0.15, -0.1) is 0 Å². The van der Waals surface area contributed by atoms with Gasteiger partial charge in [0.25, 0.3) is 0 Å². The minimum absolute atomic E-state index is 0.778. The lowest BCUT2D eigenvalue weighted by Crippen LogP contribution is -2.44. The van der Waals surface area contributed by atoms with Crippen molar-refractivity contribution in [1.29, 1.82) is 0 Å². The highest BCUT2D eigenvalue weighted by Crippen LogP contribution is 2.27. The Morgan fingerprint density at radius 3 is 2.50 bits per heavy atom. The standard InChI is InChI=1S/C7H12N/c1-3-7-4-2-6(1)5-8-7/h3,6-8H,1-2,4-5H2. The van der Waals surface area contributed by atoms with Gasteiger partial charge in [-0.25, -0.2) is 0 Å². The van der Waals surface area contributed by atoms with Crippen LogP contribution in [0.4, 0.5) is 0 Å². The van der Waals surface area contributed by atoms with E-state index >= 15 is 0 Å². The lowest BCUT2D eigenvalue weighted by Gasteiger charge is -2.36. The Kier molecular flexibility index (Phi) is 1.04. The first-order valence-corrected chi connectivity index (χ1v) is 3.52. The second-order valence-electron chi connectivity index (χ2n) is 2.93. The Morgan fingerprint density at radius 2 is 2.38 bits per heavy atom. The molecule has 2 atom stereocenters. The number of piperidine rings is 2. The van der Waals surface area contributed by atoms with Gasteiger partial charge in [-0.1, -0.05) is 0 Å². The highest BCUT2D eigenvalue weighted by atomic mass is 14.9. The largest absolute Gasteiger partial charge is 0.313 e. The number of rotatable bonds is 0. The molecule has 0 aromatic heterocycles. The Bertz CT molecular complexity index is 59.4. The molecular formula is C7H12N. The minimum Gasteiger partial charge on any atom is -0.313 e. The van der Waals surface area contributed by atoms with E-state index in [0.29, 0.717) is 0 Å². The molecule has 0 spiro atoms. The quantitative estimate of drug-likeness (QED) is 0.490. The smallest absolute Gasteiger partial charge is 0.00988 e. The average molecular weight is 110 g/mol. The van der Waals surface area contributed by atoms with Crippen molar-refractivity contribution in [2.75, 3.05) is 6.54 Å². The van der Waals surface area contributed by atoms with Gasteiger partial charge in [-0.2, -0.15) is 0 Å². The molecule has 1 aliphatic carbocycles. The first-order valence-electron chi connectivity index (χ1n) is 3.52. The van der Waals surface area contributed by atoms with Crippen molar-refractivity contribution < 1.29 is 0 Å². The molecule has 1 saturated carbocycles. The molecule has 45 valence electrons. The van der Waals surface area contributed by atoms with Crippen LogP contribution in [0.15, 0.2) is 0 Å². The molecule has 8 heavy (non-hydrogen) atoms. The molecule has 1 heteroatoms. The van der Waals surface area contributed by atoms with Crippen molar-refractivity contribution >= 4 is 0 Å². The summed E-state index contributed by atoms with van der Waals surface area (Å²) < 4.78 is 0. The van der Waals surface area contributed by atoms with Crippen molar-refractivity contribution in [2.24, 2.45) is 5.92 Å². The molecule has 2 heterocycles. The molecular weight excluding hydrogens is 98.1 g/mol. The third kappa shape index (κ3) is 0.655. The number of fused-ring (bicyclic) bond motifs is 3. The van der Waals surface area contributed by atoms with Crippen LogP contribution in [0.2, 0.25) is 0 Å². The number of nitrogens with one attached hydrogen (secondary N) is 1. The maximum atomic E-state index is 3.46. The van der Waals surface area contributed by atoms with Crippen LogP contribution in [0.3, 0.4) is 0 Å². The van der Waals surface area contributed by atoms with Gasteiger partial charge in [-0.3, -0.25) is 0 Å². The van der Waals surface area contributed by atoms with Crippen LogP contribution in [0.1, 0.15) is 19.3 Å². The van der Waals surface area contributed by atoms with Gasteiger partial charge < -0.3 is 5.32 Å². The monoisotopic (exact) mass is 110 g/mol. The molecule has 2 saturated heterocycles. The molecule has 0 amide bonds. The fourth-order valence-electron chi connectivity index (χ4n) is 1.70. The van der Waals surface area contributed by atoms with Crippen molar-refractivity contribution in [3.05, 3.63) is 6.42 Å². The molecule has 2 unspecified atom stereocenters. The molecule has 1 nitrogen and oxygen atoms in total. The lowest BCUT2D eigenvalue weighted by atomic mass is 9.82. The van der Waals surface area contributed by atoms with Crippen LogP contribution in [0.25, 0.3) is 0 Å². The molecule has 2 bridgehead atoms. The molecule has 0 aromatic carbocycles. The zero-order valence-corrected chi connectivity index (χ0v) is 5.06. The first kappa shape index (κ1) is 4.80. The van der Waals surface area contributed by atoms with Crippen molar-refractivity contribution in [3.63, 3.8) is 0 Å². The first-order chi connectivity index (χ1) is 3.95. The van der Waals surface area contributed by atoms with E-state index in [0.717, 1.165) is 12.0 Å². The Morgan fingerprint density at radius 1 is 1.38 bits per heavy atom. The van der Waals surface area contributed by atoms with E-state index in [4.69, 9.17) is 0 Å². The molecule has 2 aliphatic heterocycles. The normalized spacial score (nSPS) is 45.0. The summed E-state index contributed by atoms with van der Waals surface area (Å²) >= 11 is 0. The van der Waals surface area contributed by atoms with Crippen molar-refractivity contribution in [3.8, 4) is 0 Å². The maximum absolute atomic E-state index is 3.46. The third-order valence-corrected chi connectivity index (χ3v) is 2.31. The zero-order valence-electron chi connectivity index (χ0n) is 5.06. The predicted octanol–water partition coefficient (Wildman–Crippen LogP) is 0.963. The van der Waals surface area contributed by atoms with Gasteiger partial charge in [0.05, 0.1) is 0 Å². The summed E-state index contributed by atoms with van der Waals surface area (Å²) in [6.45, 7) is 1.28. The van der Waals surface area contributed by atoms with Gasteiger partial charge in [0.2, 0.25) is 0 Å². The van der Waals surface area contributed by atoms with Crippen molar-refractivity contribution in [2.45, 2.75) is 25.3 Å². The summed E-state index contributed by atoms with van der Waals surface area (Å²) in [5.74, 6) is 0.986. The summed E-state index contributed by atoms with van der Waals surface area (Å²) in [5.41, 5.74) is 0. The Balaban J connectivity index is 2.03. The average Bonchev–Trinajstić information content (AvgIpc) is 1.92. The van der Waals surface area contributed by atoms with Gasteiger partial charge in [-0.05, 0) is 38.1 Å². The van der Waals surface area contributed by atoms with Crippen LogP contribution < -0.4 is 5.32 Å². The lowest BCUT2D eigenvalue weighted by molar-refractivity contribution is 0.268. The Hall–Kier alpha value is -0.0400. The molecule has 1 radical (unpaired) electrons. The van der Waals surface area contributed by atoms with E-state index in [-0.39, 0.29) is 0 Å². The van der Waals surface area contributed by atoms with Crippen LogP contribution in [0.5, 0.6) is 0 Å². The fraction of sp³-hybridized carbons (Fsp3) is 0.857. The fourth-order valence-corrected chi connectivity index (χ4v) is 1.70. The van der Waals surface area contributed by atoms with E-state index in [1.54, 1.807) is 0 Å². The number of hydrogen-bond acceptors (Lipinski definition) is 1.